The van der Waals surface area contributed by atoms with Gasteiger partial charge in [0.25, 0.3) is 0 Å². The SMILES string of the molecule is CCOC(C)C(N)c1cnnn1C. The van der Waals surface area contributed by atoms with Gasteiger partial charge in [-0.25, -0.2) is 0 Å². The summed E-state index contributed by atoms with van der Waals surface area (Å²) in [5.74, 6) is 0. The lowest BCUT2D eigenvalue weighted by Crippen LogP contribution is -2.28. The minimum Gasteiger partial charge on any atom is -0.377 e. The molecule has 0 saturated heterocycles. The summed E-state index contributed by atoms with van der Waals surface area (Å²) in [5.41, 5.74) is 6.83. The number of ether oxygens (including phenoxy) is 1. The third-order valence-corrected chi connectivity index (χ3v) is 2.03. The molecule has 0 radical (unpaired) electrons. The molecule has 0 aliphatic heterocycles. The van der Waals surface area contributed by atoms with E-state index in [-0.39, 0.29) is 12.1 Å². The molecule has 1 heterocycles. The Morgan fingerprint density at radius 3 is 2.85 bits per heavy atom. The summed E-state index contributed by atoms with van der Waals surface area (Å²) in [7, 11) is 1.82. The van der Waals surface area contributed by atoms with Gasteiger partial charge in [0.2, 0.25) is 0 Å². The molecule has 2 atom stereocenters. The second kappa shape index (κ2) is 4.34. The van der Waals surface area contributed by atoms with Crippen molar-refractivity contribution in [2.75, 3.05) is 6.61 Å². The van der Waals surface area contributed by atoms with E-state index < -0.39 is 0 Å². The molecule has 1 aromatic heterocycles. The Kier molecular flexibility index (Phi) is 3.39. The number of aryl methyl sites for hydroxylation is 1. The summed E-state index contributed by atoms with van der Waals surface area (Å²) < 4.78 is 7.06. The largest absolute Gasteiger partial charge is 0.377 e. The first-order valence-electron chi connectivity index (χ1n) is 4.38. The fraction of sp³-hybridized carbons (Fsp3) is 0.750. The normalized spacial score (nSPS) is 15.7. The minimum absolute atomic E-state index is 0.0119. The maximum absolute atomic E-state index is 5.94. The van der Waals surface area contributed by atoms with E-state index in [1.807, 2.05) is 20.9 Å². The van der Waals surface area contributed by atoms with E-state index in [0.717, 1.165) is 5.69 Å². The molecule has 0 amide bonds. The topological polar surface area (TPSA) is 66.0 Å². The lowest BCUT2D eigenvalue weighted by Gasteiger charge is -2.19. The molecule has 5 heteroatoms. The standard InChI is InChI=1S/C8H16N4O/c1-4-13-6(2)8(9)7-5-10-11-12(7)3/h5-6,8H,4,9H2,1-3H3. The van der Waals surface area contributed by atoms with Gasteiger partial charge in [-0.05, 0) is 13.8 Å². The average molecular weight is 184 g/mol. The van der Waals surface area contributed by atoms with Crippen molar-refractivity contribution >= 4 is 0 Å². The van der Waals surface area contributed by atoms with Crippen LogP contribution in [0.2, 0.25) is 0 Å². The maximum Gasteiger partial charge on any atom is 0.0777 e. The number of nitrogens with zero attached hydrogens (tertiary/aromatic N) is 3. The van der Waals surface area contributed by atoms with Gasteiger partial charge in [0, 0.05) is 13.7 Å². The fourth-order valence-electron chi connectivity index (χ4n) is 1.21. The Morgan fingerprint density at radius 1 is 1.69 bits per heavy atom. The molecule has 0 bridgehead atoms. The van der Waals surface area contributed by atoms with Crippen LogP contribution in [0.15, 0.2) is 6.20 Å². The fourth-order valence-corrected chi connectivity index (χ4v) is 1.21. The highest BCUT2D eigenvalue weighted by Crippen LogP contribution is 2.13. The van der Waals surface area contributed by atoms with Gasteiger partial charge in [-0.15, -0.1) is 5.10 Å². The Balaban J connectivity index is 2.67. The molecule has 5 nitrogen and oxygen atoms in total. The van der Waals surface area contributed by atoms with Crippen molar-refractivity contribution in [2.45, 2.75) is 26.0 Å². The highest BCUT2D eigenvalue weighted by molar-refractivity contribution is 5.02. The van der Waals surface area contributed by atoms with Crippen LogP contribution < -0.4 is 5.73 Å². The molecular formula is C8H16N4O. The van der Waals surface area contributed by atoms with Gasteiger partial charge in [-0.3, -0.25) is 4.68 Å². The first-order chi connectivity index (χ1) is 6.16. The van der Waals surface area contributed by atoms with Crippen LogP contribution in [0, 0.1) is 0 Å². The molecule has 1 aromatic rings. The average Bonchev–Trinajstić information content (AvgIpc) is 2.50. The third-order valence-electron chi connectivity index (χ3n) is 2.03. The first kappa shape index (κ1) is 10.1. The van der Waals surface area contributed by atoms with Crippen molar-refractivity contribution in [3.8, 4) is 0 Å². The van der Waals surface area contributed by atoms with E-state index in [1.54, 1.807) is 10.9 Å². The van der Waals surface area contributed by atoms with E-state index in [0.29, 0.717) is 6.61 Å². The van der Waals surface area contributed by atoms with Crippen LogP contribution in [-0.2, 0) is 11.8 Å². The monoisotopic (exact) mass is 184 g/mol. The first-order valence-corrected chi connectivity index (χ1v) is 4.38. The molecule has 0 spiro atoms. The van der Waals surface area contributed by atoms with Gasteiger partial charge >= 0.3 is 0 Å². The summed E-state index contributed by atoms with van der Waals surface area (Å²) in [6.07, 6.45) is 1.65. The number of nitrogens with two attached hydrogens (primary N) is 1. The third kappa shape index (κ3) is 2.26. The van der Waals surface area contributed by atoms with Gasteiger partial charge in [0.1, 0.15) is 0 Å². The van der Waals surface area contributed by atoms with Crippen molar-refractivity contribution in [2.24, 2.45) is 12.8 Å². The van der Waals surface area contributed by atoms with E-state index in [4.69, 9.17) is 10.5 Å². The molecule has 1 rings (SSSR count). The zero-order valence-corrected chi connectivity index (χ0v) is 8.27. The second-order valence-electron chi connectivity index (χ2n) is 2.97. The molecule has 74 valence electrons. The predicted octanol–water partition coefficient (Wildman–Crippen LogP) is 0.240. The lowest BCUT2D eigenvalue weighted by atomic mass is 10.1. The van der Waals surface area contributed by atoms with Crippen LogP contribution in [0.4, 0.5) is 0 Å². The van der Waals surface area contributed by atoms with Crippen LogP contribution in [-0.4, -0.2) is 27.7 Å². The van der Waals surface area contributed by atoms with Crippen LogP contribution in [0.5, 0.6) is 0 Å². The van der Waals surface area contributed by atoms with Crippen LogP contribution in [0.1, 0.15) is 25.6 Å². The Morgan fingerprint density at radius 2 is 2.38 bits per heavy atom. The summed E-state index contributed by atoms with van der Waals surface area (Å²) in [4.78, 5) is 0. The molecular weight excluding hydrogens is 168 g/mol. The summed E-state index contributed by atoms with van der Waals surface area (Å²) in [6.45, 7) is 4.56. The molecule has 0 aromatic carbocycles. The lowest BCUT2D eigenvalue weighted by molar-refractivity contribution is 0.0556. The van der Waals surface area contributed by atoms with E-state index in [2.05, 4.69) is 10.3 Å². The van der Waals surface area contributed by atoms with Crippen molar-refractivity contribution in [3.05, 3.63) is 11.9 Å². The van der Waals surface area contributed by atoms with Gasteiger partial charge in [0.05, 0.1) is 24.0 Å². The Hall–Kier alpha value is -0.940. The Labute approximate surface area is 77.9 Å². The highest BCUT2D eigenvalue weighted by atomic mass is 16.5. The van der Waals surface area contributed by atoms with Crippen molar-refractivity contribution in [1.29, 1.82) is 0 Å². The molecule has 13 heavy (non-hydrogen) atoms. The van der Waals surface area contributed by atoms with Crippen molar-refractivity contribution < 1.29 is 4.74 Å². The molecule has 2 unspecified atom stereocenters. The van der Waals surface area contributed by atoms with Crippen molar-refractivity contribution in [1.82, 2.24) is 15.0 Å². The van der Waals surface area contributed by atoms with Crippen LogP contribution in [0.25, 0.3) is 0 Å². The zero-order chi connectivity index (χ0) is 9.84. The van der Waals surface area contributed by atoms with Gasteiger partial charge in [-0.1, -0.05) is 5.21 Å². The zero-order valence-electron chi connectivity index (χ0n) is 8.27. The van der Waals surface area contributed by atoms with Crippen molar-refractivity contribution in [3.63, 3.8) is 0 Å². The second-order valence-corrected chi connectivity index (χ2v) is 2.97. The number of aromatic nitrogens is 3. The smallest absolute Gasteiger partial charge is 0.0777 e. The number of rotatable bonds is 4. The minimum atomic E-state index is -0.167. The van der Waals surface area contributed by atoms with E-state index in [1.165, 1.54) is 0 Å². The van der Waals surface area contributed by atoms with Crippen LogP contribution >= 0.6 is 0 Å². The number of hydrogen-bond donors (Lipinski definition) is 1. The van der Waals surface area contributed by atoms with Gasteiger partial charge < -0.3 is 10.5 Å². The van der Waals surface area contributed by atoms with E-state index in [9.17, 15) is 0 Å². The molecule has 2 N–H and O–H groups in total. The summed E-state index contributed by atoms with van der Waals surface area (Å²) in [5, 5.41) is 7.57. The Bertz CT molecular complexity index is 260. The predicted molar refractivity (Wildman–Crippen MR) is 49.0 cm³/mol. The summed E-state index contributed by atoms with van der Waals surface area (Å²) in [6, 6.07) is -0.167. The van der Waals surface area contributed by atoms with Crippen LogP contribution in [0.3, 0.4) is 0 Å². The molecule has 0 aliphatic carbocycles. The number of hydrogen-bond acceptors (Lipinski definition) is 4. The van der Waals surface area contributed by atoms with E-state index >= 15 is 0 Å². The molecule has 0 fully saturated rings. The summed E-state index contributed by atoms with van der Waals surface area (Å²) >= 11 is 0. The highest BCUT2D eigenvalue weighted by Gasteiger charge is 2.18. The molecule has 0 saturated carbocycles. The quantitative estimate of drug-likeness (QED) is 0.728. The van der Waals surface area contributed by atoms with Gasteiger partial charge in [-0.2, -0.15) is 0 Å². The maximum atomic E-state index is 5.94. The van der Waals surface area contributed by atoms with Gasteiger partial charge in [0.15, 0.2) is 0 Å². The molecule has 0 aliphatic rings.